The maximum Gasteiger partial charge on any atom is 0.406 e. The van der Waals surface area contributed by atoms with Crippen LogP contribution < -0.4 is 5.32 Å². The van der Waals surface area contributed by atoms with E-state index in [0.29, 0.717) is 16.2 Å². The lowest BCUT2D eigenvalue weighted by atomic mass is 10.1. The van der Waals surface area contributed by atoms with Crippen LogP contribution in [0.1, 0.15) is 18.6 Å². The van der Waals surface area contributed by atoms with Gasteiger partial charge in [-0.25, -0.2) is 4.79 Å². The molecule has 1 aromatic carbocycles. The molecule has 2 N–H and O–H groups in total. The highest BCUT2D eigenvalue weighted by Gasteiger charge is 2.31. The highest BCUT2D eigenvalue weighted by Crippen LogP contribution is 2.19. The molecule has 0 saturated carbocycles. The molecule has 1 rings (SSSR count). The van der Waals surface area contributed by atoms with Gasteiger partial charge in [-0.15, -0.1) is 0 Å². The van der Waals surface area contributed by atoms with Crippen molar-refractivity contribution in [3.8, 4) is 0 Å². The van der Waals surface area contributed by atoms with E-state index in [1.54, 1.807) is 19.1 Å². The summed E-state index contributed by atoms with van der Waals surface area (Å²) in [4.78, 5) is 12.1. The van der Waals surface area contributed by atoms with Gasteiger partial charge in [0.1, 0.15) is 6.54 Å². The molecule has 0 spiro atoms. The van der Waals surface area contributed by atoms with Crippen LogP contribution in [0, 0.1) is 0 Å². The number of urea groups is 1. The Hall–Kier alpha value is -1.76. The molecule has 0 aliphatic rings. The maximum atomic E-state index is 12.1. The molecule has 1 atom stereocenters. The second kappa shape index (κ2) is 5.92. The highest BCUT2D eigenvalue weighted by molar-refractivity contribution is 5.89. The summed E-state index contributed by atoms with van der Waals surface area (Å²) >= 11 is 0. The van der Waals surface area contributed by atoms with E-state index in [4.69, 9.17) is 0 Å². The predicted molar refractivity (Wildman–Crippen MR) is 64.8 cm³/mol. The van der Waals surface area contributed by atoms with Crippen LogP contribution in [0.25, 0.3) is 0 Å². The van der Waals surface area contributed by atoms with E-state index in [0.717, 1.165) is 7.05 Å². The van der Waals surface area contributed by atoms with Crippen molar-refractivity contribution in [1.29, 1.82) is 0 Å². The average molecular weight is 276 g/mol. The number of benzene rings is 1. The van der Waals surface area contributed by atoms with E-state index in [9.17, 15) is 23.1 Å². The smallest absolute Gasteiger partial charge is 0.389 e. The zero-order chi connectivity index (χ0) is 14.6. The summed E-state index contributed by atoms with van der Waals surface area (Å²) in [5.74, 6) is 0. The lowest BCUT2D eigenvalue weighted by Crippen LogP contribution is -2.38. The summed E-state index contributed by atoms with van der Waals surface area (Å²) in [6, 6.07) is 5.43. The molecule has 0 aromatic heterocycles. The van der Waals surface area contributed by atoms with Gasteiger partial charge in [-0.05, 0) is 24.6 Å². The van der Waals surface area contributed by atoms with Gasteiger partial charge in [0, 0.05) is 12.7 Å². The van der Waals surface area contributed by atoms with Crippen molar-refractivity contribution in [3.63, 3.8) is 0 Å². The van der Waals surface area contributed by atoms with E-state index in [-0.39, 0.29) is 0 Å². The molecule has 1 unspecified atom stereocenters. The Morgan fingerprint density at radius 3 is 2.63 bits per heavy atom. The van der Waals surface area contributed by atoms with Gasteiger partial charge in [0.15, 0.2) is 0 Å². The van der Waals surface area contributed by atoms with Crippen LogP contribution in [0.2, 0.25) is 0 Å². The molecule has 0 bridgehead atoms. The van der Waals surface area contributed by atoms with Crippen molar-refractivity contribution < 1.29 is 23.1 Å². The summed E-state index contributed by atoms with van der Waals surface area (Å²) < 4.78 is 36.4. The van der Waals surface area contributed by atoms with Crippen LogP contribution in [-0.2, 0) is 0 Å². The van der Waals surface area contributed by atoms with E-state index in [1.165, 1.54) is 12.1 Å². The fourth-order valence-corrected chi connectivity index (χ4v) is 1.44. The van der Waals surface area contributed by atoms with Crippen molar-refractivity contribution in [2.75, 3.05) is 18.9 Å². The molecule has 106 valence electrons. The van der Waals surface area contributed by atoms with Crippen molar-refractivity contribution in [3.05, 3.63) is 29.8 Å². The quantitative estimate of drug-likeness (QED) is 0.892. The average Bonchev–Trinajstić information content (AvgIpc) is 2.27. The Bertz CT molecular complexity index is 447. The Morgan fingerprint density at radius 2 is 2.11 bits per heavy atom. The second-order valence-electron chi connectivity index (χ2n) is 4.20. The molecular weight excluding hydrogens is 261 g/mol. The largest absolute Gasteiger partial charge is 0.406 e. The number of alkyl halides is 3. The Balaban J connectivity index is 2.69. The first-order chi connectivity index (χ1) is 8.69. The number of nitrogens with zero attached hydrogens (tertiary/aromatic N) is 1. The van der Waals surface area contributed by atoms with Gasteiger partial charge in [0.05, 0.1) is 6.10 Å². The fraction of sp³-hybridized carbons (Fsp3) is 0.417. The van der Waals surface area contributed by atoms with Gasteiger partial charge in [0.2, 0.25) is 0 Å². The van der Waals surface area contributed by atoms with E-state index in [1.807, 2.05) is 0 Å². The zero-order valence-electron chi connectivity index (χ0n) is 10.5. The monoisotopic (exact) mass is 276 g/mol. The second-order valence-corrected chi connectivity index (χ2v) is 4.20. The SMILES string of the molecule is CC(O)c1cccc(NC(=O)N(C)CC(F)(F)F)c1. The van der Waals surface area contributed by atoms with E-state index in [2.05, 4.69) is 5.32 Å². The van der Waals surface area contributed by atoms with Crippen molar-refractivity contribution >= 4 is 11.7 Å². The van der Waals surface area contributed by atoms with Crippen LogP contribution >= 0.6 is 0 Å². The predicted octanol–water partition coefficient (Wildman–Crippen LogP) is 2.77. The van der Waals surface area contributed by atoms with E-state index < -0.39 is 24.9 Å². The molecule has 4 nitrogen and oxygen atoms in total. The summed E-state index contributed by atoms with van der Waals surface area (Å²) in [5, 5.41) is 11.7. The number of hydrogen-bond acceptors (Lipinski definition) is 2. The number of hydrogen-bond donors (Lipinski definition) is 2. The fourth-order valence-electron chi connectivity index (χ4n) is 1.44. The molecule has 0 radical (unpaired) electrons. The third-order valence-electron chi connectivity index (χ3n) is 2.38. The number of carbonyl (C=O) groups excluding carboxylic acids is 1. The summed E-state index contributed by atoms with van der Waals surface area (Å²) in [6.07, 6.45) is -5.15. The first-order valence-corrected chi connectivity index (χ1v) is 5.56. The molecule has 0 aliphatic heterocycles. The normalized spacial score (nSPS) is 12.9. The molecule has 1 aromatic rings. The number of amides is 2. The number of aliphatic hydroxyl groups excluding tert-OH is 1. The summed E-state index contributed by atoms with van der Waals surface area (Å²) in [5.41, 5.74) is 0.897. The molecule has 0 fully saturated rings. The van der Waals surface area contributed by atoms with Crippen LogP contribution in [0.3, 0.4) is 0 Å². The van der Waals surface area contributed by atoms with E-state index >= 15 is 0 Å². The lowest BCUT2D eigenvalue weighted by Gasteiger charge is -2.19. The molecule has 0 heterocycles. The van der Waals surface area contributed by atoms with Gasteiger partial charge in [-0.1, -0.05) is 12.1 Å². The number of rotatable bonds is 3. The van der Waals surface area contributed by atoms with Gasteiger partial charge in [-0.2, -0.15) is 13.2 Å². The van der Waals surface area contributed by atoms with Crippen molar-refractivity contribution in [1.82, 2.24) is 4.90 Å². The van der Waals surface area contributed by atoms with Crippen molar-refractivity contribution in [2.24, 2.45) is 0 Å². The molecular formula is C12H15F3N2O2. The molecule has 19 heavy (non-hydrogen) atoms. The number of anilines is 1. The minimum Gasteiger partial charge on any atom is -0.389 e. The summed E-state index contributed by atoms with van der Waals surface area (Å²) in [7, 11) is 1.06. The van der Waals surface area contributed by atoms with Crippen LogP contribution in [0.5, 0.6) is 0 Å². The third kappa shape index (κ3) is 5.17. The highest BCUT2D eigenvalue weighted by atomic mass is 19.4. The standard InChI is InChI=1S/C12H15F3N2O2/c1-8(18)9-4-3-5-10(6-9)16-11(19)17(2)7-12(13,14)15/h3-6,8,18H,7H2,1-2H3,(H,16,19). The van der Waals surface area contributed by atoms with Crippen LogP contribution in [0.4, 0.5) is 23.7 Å². The number of aliphatic hydroxyl groups is 1. The minimum atomic E-state index is -4.44. The van der Waals surface area contributed by atoms with Crippen molar-refractivity contribution in [2.45, 2.75) is 19.2 Å². The van der Waals surface area contributed by atoms with Gasteiger partial charge >= 0.3 is 12.2 Å². The third-order valence-corrected chi connectivity index (χ3v) is 2.38. The van der Waals surface area contributed by atoms with Crippen LogP contribution in [-0.4, -0.2) is 35.8 Å². The van der Waals surface area contributed by atoms with Gasteiger partial charge in [-0.3, -0.25) is 0 Å². The zero-order valence-corrected chi connectivity index (χ0v) is 10.5. The Morgan fingerprint density at radius 1 is 1.47 bits per heavy atom. The minimum absolute atomic E-state index is 0.331. The first-order valence-electron chi connectivity index (χ1n) is 5.56. The molecule has 0 aliphatic carbocycles. The van der Waals surface area contributed by atoms with Gasteiger partial charge in [0.25, 0.3) is 0 Å². The Kier molecular flexibility index (Phi) is 4.77. The first kappa shape index (κ1) is 15.3. The van der Waals surface area contributed by atoms with Gasteiger partial charge < -0.3 is 15.3 Å². The molecule has 0 saturated heterocycles. The topological polar surface area (TPSA) is 52.6 Å². The van der Waals surface area contributed by atoms with Crippen LogP contribution in [0.15, 0.2) is 24.3 Å². The molecule has 7 heteroatoms. The molecule has 2 amide bonds. The Labute approximate surface area is 108 Å². The number of carbonyl (C=O) groups is 1. The number of halogens is 3. The lowest BCUT2D eigenvalue weighted by molar-refractivity contribution is -0.137. The maximum absolute atomic E-state index is 12.1. The number of nitrogens with one attached hydrogen (secondary N) is 1. The summed E-state index contributed by atoms with van der Waals surface area (Å²) in [6.45, 7) is 0.228.